The predicted molar refractivity (Wildman–Crippen MR) is 98.7 cm³/mol. The van der Waals surface area contributed by atoms with Crippen molar-refractivity contribution in [1.82, 2.24) is 10.3 Å². The zero-order valence-corrected chi connectivity index (χ0v) is 14.6. The van der Waals surface area contributed by atoms with E-state index in [1.165, 1.54) is 33.6 Å². The van der Waals surface area contributed by atoms with Crippen LogP contribution in [0.2, 0.25) is 0 Å². The number of benzene rings is 2. The Bertz CT molecular complexity index is 961. The first-order valence-electron chi connectivity index (χ1n) is 8.19. The highest BCUT2D eigenvalue weighted by Gasteiger charge is 2.28. The molecule has 0 aliphatic heterocycles. The van der Waals surface area contributed by atoms with Gasteiger partial charge in [0.1, 0.15) is 17.7 Å². The first kappa shape index (κ1) is 16.3. The van der Waals surface area contributed by atoms with Crippen LogP contribution in [0.4, 0.5) is 4.79 Å². The number of hydrogen-bond donors (Lipinski definition) is 1. The molecule has 0 bridgehead atoms. The Balaban J connectivity index is 1.41. The van der Waals surface area contributed by atoms with Gasteiger partial charge in [-0.25, -0.2) is 9.78 Å². The summed E-state index contributed by atoms with van der Waals surface area (Å²) in [7, 11) is 0. The zero-order valence-electron chi connectivity index (χ0n) is 13.8. The quantitative estimate of drug-likeness (QED) is 0.760. The van der Waals surface area contributed by atoms with Crippen LogP contribution in [-0.4, -0.2) is 17.7 Å². The van der Waals surface area contributed by atoms with E-state index in [9.17, 15) is 4.79 Å². The molecule has 128 valence electrons. The highest BCUT2D eigenvalue weighted by molar-refractivity contribution is 7.09. The van der Waals surface area contributed by atoms with Gasteiger partial charge in [0.15, 0.2) is 5.69 Å². The van der Waals surface area contributed by atoms with Crippen LogP contribution in [0.1, 0.15) is 27.7 Å². The Kier molecular flexibility index (Phi) is 4.38. The number of carbonyl (C=O) groups excluding carboxylic acids is 1. The summed E-state index contributed by atoms with van der Waals surface area (Å²) in [5.41, 5.74) is 5.12. The highest BCUT2D eigenvalue weighted by atomic mass is 32.1. The summed E-state index contributed by atoms with van der Waals surface area (Å²) >= 11 is 1.34. The predicted octanol–water partition coefficient (Wildman–Crippen LogP) is 4.05. The third kappa shape index (κ3) is 3.05. The number of nitrogens with zero attached hydrogens (tertiary/aromatic N) is 2. The monoisotopic (exact) mass is 361 g/mol. The molecule has 0 saturated heterocycles. The number of carbonyl (C=O) groups is 1. The number of amides is 1. The van der Waals surface area contributed by atoms with E-state index in [0.717, 1.165) is 0 Å². The van der Waals surface area contributed by atoms with E-state index >= 15 is 0 Å². The molecule has 1 aliphatic carbocycles. The number of aromatic nitrogens is 1. The molecule has 1 N–H and O–H groups in total. The fourth-order valence-corrected chi connectivity index (χ4v) is 3.90. The minimum atomic E-state index is -0.486. The van der Waals surface area contributed by atoms with Crippen molar-refractivity contribution in [2.75, 3.05) is 6.61 Å². The van der Waals surface area contributed by atoms with Gasteiger partial charge >= 0.3 is 6.09 Å². The van der Waals surface area contributed by atoms with E-state index in [-0.39, 0.29) is 19.1 Å². The molecule has 0 radical (unpaired) electrons. The molecule has 5 nitrogen and oxygen atoms in total. The molecular formula is C20H15N3O2S. The summed E-state index contributed by atoms with van der Waals surface area (Å²) in [5.74, 6) is 0.0400. The van der Waals surface area contributed by atoms with Crippen LogP contribution in [0, 0.1) is 11.3 Å². The van der Waals surface area contributed by atoms with E-state index < -0.39 is 6.09 Å². The number of alkyl carbamates (subject to hydrolysis) is 1. The van der Waals surface area contributed by atoms with Crippen molar-refractivity contribution < 1.29 is 9.53 Å². The van der Waals surface area contributed by atoms with Crippen molar-refractivity contribution in [3.63, 3.8) is 0 Å². The van der Waals surface area contributed by atoms with Crippen molar-refractivity contribution in [2.24, 2.45) is 0 Å². The number of rotatable bonds is 4. The van der Waals surface area contributed by atoms with Gasteiger partial charge in [-0.1, -0.05) is 48.5 Å². The Morgan fingerprint density at radius 2 is 1.81 bits per heavy atom. The summed E-state index contributed by atoms with van der Waals surface area (Å²) in [6, 6.07) is 18.4. The number of fused-ring (bicyclic) bond motifs is 3. The molecular weight excluding hydrogens is 346 g/mol. The topological polar surface area (TPSA) is 75.0 Å². The van der Waals surface area contributed by atoms with Crippen LogP contribution >= 0.6 is 11.3 Å². The van der Waals surface area contributed by atoms with Gasteiger partial charge in [-0.3, -0.25) is 0 Å². The molecule has 4 rings (SSSR count). The lowest BCUT2D eigenvalue weighted by atomic mass is 9.98. The molecule has 1 heterocycles. The van der Waals surface area contributed by atoms with E-state index in [1.54, 1.807) is 5.38 Å². The first-order valence-corrected chi connectivity index (χ1v) is 9.07. The first-order chi connectivity index (χ1) is 12.8. The number of nitrogens with one attached hydrogen (secondary N) is 1. The van der Waals surface area contributed by atoms with Gasteiger partial charge in [0, 0.05) is 11.3 Å². The zero-order chi connectivity index (χ0) is 17.9. The van der Waals surface area contributed by atoms with Gasteiger partial charge in [-0.2, -0.15) is 5.26 Å². The second-order valence-corrected chi connectivity index (χ2v) is 6.86. The van der Waals surface area contributed by atoms with Gasteiger partial charge in [-0.05, 0) is 22.3 Å². The fourth-order valence-electron chi connectivity index (χ4n) is 3.24. The summed E-state index contributed by atoms with van der Waals surface area (Å²) in [4.78, 5) is 16.1. The molecule has 6 heteroatoms. The van der Waals surface area contributed by atoms with E-state index in [2.05, 4.69) is 34.6 Å². The largest absolute Gasteiger partial charge is 0.449 e. The van der Waals surface area contributed by atoms with Crippen molar-refractivity contribution in [3.8, 4) is 17.2 Å². The fraction of sp³-hybridized carbons (Fsp3) is 0.150. The van der Waals surface area contributed by atoms with Gasteiger partial charge in [0.2, 0.25) is 0 Å². The van der Waals surface area contributed by atoms with E-state index in [4.69, 9.17) is 10.00 Å². The lowest BCUT2D eigenvalue weighted by Crippen LogP contribution is -2.25. The molecule has 2 aromatic carbocycles. The van der Waals surface area contributed by atoms with E-state index in [1.807, 2.05) is 30.3 Å². The Morgan fingerprint density at radius 1 is 1.15 bits per heavy atom. The molecule has 26 heavy (non-hydrogen) atoms. The van der Waals surface area contributed by atoms with Crippen LogP contribution in [0.3, 0.4) is 0 Å². The van der Waals surface area contributed by atoms with E-state index in [0.29, 0.717) is 10.7 Å². The Hall–Kier alpha value is -3.17. The van der Waals surface area contributed by atoms with Crippen LogP contribution in [0.25, 0.3) is 11.1 Å². The van der Waals surface area contributed by atoms with Crippen molar-refractivity contribution in [3.05, 3.63) is 75.7 Å². The third-order valence-electron chi connectivity index (χ3n) is 4.39. The standard InChI is InChI=1S/C20H15N3O2S/c21-9-13-12-26-19(23-13)10-22-20(24)25-11-18-16-7-3-1-5-14(16)15-6-2-4-8-17(15)18/h1-8,12,18H,10-11H2,(H,22,24). The molecule has 0 atom stereocenters. The van der Waals surface area contributed by atoms with Crippen molar-refractivity contribution >= 4 is 17.4 Å². The summed E-state index contributed by atoms with van der Waals surface area (Å²) in [6.45, 7) is 0.532. The minimum absolute atomic E-state index is 0.0400. The molecule has 3 aromatic rings. The van der Waals surface area contributed by atoms with Gasteiger partial charge in [0.25, 0.3) is 0 Å². The Labute approximate surface area is 154 Å². The average molecular weight is 361 g/mol. The van der Waals surface area contributed by atoms with Gasteiger partial charge < -0.3 is 10.1 Å². The number of nitriles is 1. The molecule has 0 spiro atoms. The molecule has 0 fully saturated rings. The van der Waals surface area contributed by atoms with Crippen LogP contribution in [0.5, 0.6) is 0 Å². The maximum atomic E-state index is 12.1. The van der Waals surface area contributed by atoms with Crippen LogP contribution < -0.4 is 5.32 Å². The molecule has 1 aliphatic rings. The summed E-state index contributed by atoms with van der Waals surface area (Å²) in [6.07, 6.45) is -0.486. The van der Waals surface area contributed by atoms with Crippen molar-refractivity contribution in [2.45, 2.75) is 12.5 Å². The van der Waals surface area contributed by atoms with Crippen LogP contribution in [-0.2, 0) is 11.3 Å². The lowest BCUT2D eigenvalue weighted by Gasteiger charge is -2.14. The number of ether oxygens (including phenoxy) is 1. The second-order valence-electron chi connectivity index (χ2n) is 5.92. The minimum Gasteiger partial charge on any atom is -0.449 e. The molecule has 0 unspecified atom stereocenters. The smallest absolute Gasteiger partial charge is 0.407 e. The number of thiazole rings is 1. The maximum absolute atomic E-state index is 12.1. The lowest BCUT2D eigenvalue weighted by molar-refractivity contribution is 0.142. The third-order valence-corrected chi connectivity index (χ3v) is 5.24. The highest BCUT2D eigenvalue weighted by Crippen LogP contribution is 2.44. The Morgan fingerprint density at radius 3 is 2.42 bits per heavy atom. The molecule has 1 amide bonds. The maximum Gasteiger partial charge on any atom is 0.407 e. The van der Waals surface area contributed by atoms with Gasteiger partial charge in [-0.15, -0.1) is 11.3 Å². The molecule has 0 saturated carbocycles. The average Bonchev–Trinajstić information content (AvgIpc) is 3.27. The van der Waals surface area contributed by atoms with Gasteiger partial charge in [0.05, 0.1) is 6.54 Å². The second kappa shape index (κ2) is 6.98. The SMILES string of the molecule is N#Cc1csc(CNC(=O)OCC2c3ccccc3-c3ccccc32)n1. The number of hydrogen-bond acceptors (Lipinski definition) is 5. The normalized spacial score (nSPS) is 12.1. The van der Waals surface area contributed by atoms with Crippen LogP contribution in [0.15, 0.2) is 53.9 Å². The summed E-state index contributed by atoms with van der Waals surface area (Å²) in [5, 5.41) is 13.8. The summed E-state index contributed by atoms with van der Waals surface area (Å²) < 4.78 is 5.46. The van der Waals surface area contributed by atoms with Crippen molar-refractivity contribution in [1.29, 1.82) is 5.26 Å². The molecule has 1 aromatic heterocycles.